The van der Waals surface area contributed by atoms with E-state index in [1.54, 1.807) is 0 Å². The van der Waals surface area contributed by atoms with Crippen molar-refractivity contribution in [2.24, 2.45) is 0 Å². The SMILES string of the molecule is c1cc2c(cc1-c1cn(C3CNC3)nn1)OCCO2. The Kier molecular flexibility index (Phi) is 2.41. The quantitative estimate of drug-likeness (QED) is 0.865. The maximum absolute atomic E-state index is 5.58. The van der Waals surface area contributed by atoms with Crippen LogP contribution in [0.3, 0.4) is 0 Å². The fourth-order valence-corrected chi connectivity index (χ4v) is 2.25. The third-order valence-corrected chi connectivity index (χ3v) is 3.48. The van der Waals surface area contributed by atoms with Gasteiger partial charge in [0.25, 0.3) is 0 Å². The first-order valence-corrected chi connectivity index (χ1v) is 6.43. The van der Waals surface area contributed by atoms with E-state index in [0.29, 0.717) is 19.3 Å². The molecule has 2 aromatic rings. The Morgan fingerprint density at radius 1 is 1.16 bits per heavy atom. The van der Waals surface area contributed by atoms with Crippen LogP contribution < -0.4 is 14.8 Å². The molecule has 1 fully saturated rings. The molecule has 6 heteroatoms. The summed E-state index contributed by atoms with van der Waals surface area (Å²) in [6.07, 6.45) is 1.98. The minimum absolute atomic E-state index is 0.429. The Hall–Kier alpha value is -2.08. The lowest BCUT2D eigenvalue weighted by Crippen LogP contribution is -2.43. The van der Waals surface area contributed by atoms with Gasteiger partial charge in [-0.05, 0) is 18.2 Å². The number of rotatable bonds is 2. The first-order valence-electron chi connectivity index (χ1n) is 6.43. The molecule has 0 spiro atoms. The molecule has 1 aromatic carbocycles. The van der Waals surface area contributed by atoms with Crippen LogP contribution in [0.5, 0.6) is 11.5 Å². The highest BCUT2D eigenvalue weighted by Crippen LogP contribution is 2.33. The van der Waals surface area contributed by atoms with Crippen LogP contribution in [0.2, 0.25) is 0 Å². The van der Waals surface area contributed by atoms with Crippen LogP contribution in [-0.4, -0.2) is 41.3 Å². The standard InChI is InChI=1S/C13H14N4O2/c1-2-12-13(19-4-3-18-12)5-9(1)11-8-17(16-15-11)10-6-14-7-10/h1-2,5,8,10,14H,3-4,6-7H2. The molecular weight excluding hydrogens is 244 g/mol. The van der Waals surface area contributed by atoms with Crippen molar-refractivity contribution in [1.82, 2.24) is 20.3 Å². The molecule has 1 N–H and O–H groups in total. The highest BCUT2D eigenvalue weighted by Gasteiger charge is 2.21. The van der Waals surface area contributed by atoms with E-state index in [2.05, 4.69) is 15.6 Å². The lowest BCUT2D eigenvalue weighted by atomic mass is 10.1. The molecule has 2 aliphatic heterocycles. The van der Waals surface area contributed by atoms with Crippen molar-refractivity contribution < 1.29 is 9.47 Å². The number of nitrogens with one attached hydrogen (secondary N) is 1. The van der Waals surface area contributed by atoms with Crippen molar-refractivity contribution >= 4 is 0 Å². The average Bonchev–Trinajstić information content (AvgIpc) is 2.85. The topological polar surface area (TPSA) is 61.2 Å². The zero-order valence-electron chi connectivity index (χ0n) is 10.4. The zero-order chi connectivity index (χ0) is 12.7. The number of nitrogens with zero attached hydrogens (tertiary/aromatic N) is 3. The Bertz CT molecular complexity index is 606. The van der Waals surface area contributed by atoms with Gasteiger partial charge in [-0.25, -0.2) is 4.68 Å². The van der Waals surface area contributed by atoms with E-state index >= 15 is 0 Å². The van der Waals surface area contributed by atoms with Crippen molar-refractivity contribution in [3.05, 3.63) is 24.4 Å². The van der Waals surface area contributed by atoms with Crippen molar-refractivity contribution in [2.45, 2.75) is 6.04 Å². The van der Waals surface area contributed by atoms with E-state index in [1.165, 1.54) is 0 Å². The van der Waals surface area contributed by atoms with Crippen LogP contribution in [0, 0.1) is 0 Å². The van der Waals surface area contributed by atoms with Gasteiger partial charge >= 0.3 is 0 Å². The molecule has 1 saturated heterocycles. The smallest absolute Gasteiger partial charge is 0.162 e. The average molecular weight is 258 g/mol. The Morgan fingerprint density at radius 2 is 2.00 bits per heavy atom. The van der Waals surface area contributed by atoms with Crippen LogP contribution >= 0.6 is 0 Å². The second-order valence-electron chi connectivity index (χ2n) is 4.75. The highest BCUT2D eigenvalue weighted by atomic mass is 16.6. The summed E-state index contributed by atoms with van der Waals surface area (Å²) >= 11 is 0. The predicted molar refractivity (Wildman–Crippen MR) is 68.4 cm³/mol. The normalized spacial score (nSPS) is 18.1. The predicted octanol–water partition coefficient (Wildman–Crippen LogP) is 0.861. The number of benzene rings is 1. The number of aromatic nitrogens is 3. The molecule has 1 aromatic heterocycles. The fraction of sp³-hybridized carbons (Fsp3) is 0.385. The molecule has 4 rings (SSSR count). The molecule has 0 radical (unpaired) electrons. The van der Waals surface area contributed by atoms with Crippen molar-refractivity contribution in [3.8, 4) is 22.8 Å². The third kappa shape index (κ3) is 1.84. The van der Waals surface area contributed by atoms with Gasteiger partial charge in [-0.2, -0.15) is 0 Å². The summed E-state index contributed by atoms with van der Waals surface area (Å²) in [5, 5.41) is 11.6. The maximum Gasteiger partial charge on any atom is 0.162 e. The molecule has 0 bridgehead atoms. The summed E-state index contributed by atoms with van der Waals surface area (Å²) in [5.74, 6) is 1.58. The molecule has 0 atom stereocenters. The van der Waals surface area contributed by atoms with E-state index in [0.717, 1.165) is 35.8 Å². The molecule has 98 valence electrons. The second kappa shape index (κ2) is 4.24. The Balaban J connectivity index is 1.65. The zero-order valence-corrected chi connectivity index (χ0v) is 10.4. The third-order valence-electron chi connectivity index (χ3n) is 3.48. The van der Waals surface area contributed by atoms with Crippen LogP contribution in [0.25, 0.3) is 11.3 Å². The summed E-state index contributed by atoms with van der Waals surface area (Å²) in [6.45, 7) is 3.13. The van der Waals surface area contributed by atoms with E-state index in [9.17, 15) is 0 Å². The summed E-state index contributed by atoms with van der Waals surface area (Å²) in [7, 11) is 0. The van der Waals surface area contributed by atoms with Gasteiger partial charge in [-0.1, -0.05) is 5.21 Å². The molecule has 6 nitrogen and oxygen atoms in total. The number of ether oxygens (including phenoxy) is 2. The Morgan fingerprint density at radius 3 is 2.79 bits per heavy atom. The number of hydrogen-bond acceptors (Lipinski definition) is 5. The Labute approximate surface area is 110 Å². The van der Waals surface area contributed by atoms with E-state index < -0.39 is 0 Å². The molecule has 0 aliphatic carbocycles. The van der Waals surface area contributed by atoms with E-state index in [-0.39, 0.29) is 0 Å². The first kappa shape index (κ1) is 10.8. The van der Waals surface area contributed by atoms with Gasteiger partial charge in [0.15, 0.2) is 11.5 Å². The molecule has 0 unspecified atom stereocenters. The van der Waals surface area contributed by atoms with Crippen LogP contribution in [0.15, 0.2) is 24.4 Å². The second-order valence-corrected chi connectivity index (χ2v) is 4.75. The van der Waals surface area contributed by atoms with Gasteiger partial charge in [-0.3, -0.25) is 0 Å². The minimum Gasteiger partial charge on any atom is -0.486 e. The van der Waals surface area contributed by atoms with Gasteiger partial charge in [-0.15, -0.1) is 5.10 Å². The highest BCUT2D eigenvalue weighted by molar-refractivity contribution is 5.63. The van der Waals surface area contributed by atoms with Crippen molar-refractivity contribution in [2.75, 3.05) is 26.3 Å². The largest absolute Gasteiger partial charge is 0.486 e. The summed E-state index contributed by atoms with van der Waals surface area (Å²) < 4.78 is 13.0. The summed E-state index contributed by atoms with van der Waals surface area (Å²) in [6, 6.07) is 6.30. The molecule has 2 aliphatic rings. The summed E-state index contributed by atoms with van der Waals surface area (Å²) in [5.41, 5.74) is 1.87. The number of fused-ring (bicyclic) bond motifs is 1. The van der Waals surface area contributed by atoms with E-state index in [4.69, 9.17) is 9.47 Å². The van der Waals surface area contributed by atoms with Gasteiger partial charge in [0.1, 0.15) is 18.9 Å². The number of hydrogen-bond donors (Lipinski definition) is 1. The monoisotopic (exact) mass is 258 g/mol. The van der Waals surface area contributed by atoms with Crippen LogP contribution in [-0.2, 0) is 0 Å². The van der Waals surface area contributed by atoms with Crippen molar-refractivity contribution in [1.29, 1.82) is 0 Å². The summed E-state index contributed by atoms with van der Waals surface area (Å²) in [4.78, 5) is 0. The van der Waals surface area contributed by atoms with Gasteiger partial charge in [0, 0.05) is 18.7 Å². The maximum atomic E-state index is 5.58. The molecule has 3 heterocycles. The lowest BCUT2D eigenvalue weighted by Gasteiger charge is -2.26. The van der Waals surface area contributed by atoms with Gasteiger partial charge in [0.2, 0.25) is 0 Å². The molecular formula is C13H14N4O2. The minimum atomic E-state index is 0.429. The van der Waals surface area contributed by atoms with Gasteiger partial charge in [0.05, 0.1) is 12.2 Å². The lowest BCUT2D eigenvalue weighted by molar-refractivity contribution is 0.171. The van der Waals surface area contributed by atoms with Crippen LogP contribution in [0.1, 0.15) is 6.04 Å². The molecule has 19 heavy (non-hydrogen) atoms. The molecule has 0 saturated carbocycles. The van der Waals surface area contributed by atoms with E-state index in [1.807, 2.05) is 29.1 Å². The van der Waals surface area contributed by atoms with Crippen molar-refractivity contribution in [3.63, 3.8) is 0 Å². The first-order chi connectivity index (χ1) is 9.40. The van der Waals surface area contributed by atoms with Gasteiger partial charge < -0.3 is 14.8 Å². The van der Waals surface area contributed by atoms with Crippen LogP contribution in [0.4, 0.5) is 0 Å². The fourth-order valence-electron chi connectivity index (χ4n) is 2.25. The molecule has 0 amide bonds.